The maximum Gasteiger partial charge on any atom is 0.227 e. The molecule has 0 aromatic rings. The fourth-order valence-corrected chi connectivity index (χ4v) is 3.29. The Morgan fingerprint density at radius 2 is 1.78 bits per heavy atom. The second-order valence-electron chi connectivity index (χ2n) is 6.04. The van der Waals surface area contributed by atoms with Crippen LogP contribution in [0.5, 0.6) is 0 Å². The quantitative estimate of drug-likeness (QED) is 0.800. The molecule has 0 spiro atoms. The van der Waals surface area contributed by atoms with Crippen molar-refractivity contribution in [2.75, 3.05) is 27.2 Å². The van der Waals surface area contributed by atoms with Gasteiger partial charge in [-0.2, -0.15) is 0 Å². The molecular weight excluding hydrogens is 226 g/mol. The summed E-state index contributed by atoms with van der Waals surface area (Å²) in [6.45, 7) is 2.19. The largest absolute Gasteiger partial charge is 0.342 e. The molecule has 1 aliphatic carbocycles. The zero-order chi connectivity index (χ0) is 13.1. The number of amides is 1. The maximum atomic E-state index is 12.5. The molecule has 18 heavy (non-hydrogen) atoms. The van der Waals surface area contributed by atoms with Gasteiger partial charge < -0.3 is 15.5 Å². The molecule has 104 valence electrons. The van der Waals surface area contributed by atoms with E-state index in [4.69, 9.17) is 5.73 Å². The Morgan fingerprint density at radius 1 is 1.17 bits per heavy atom. The minimum absolute atomic E-state index is 0.0726. The first-order valence-corrected chi connectivity index (χ1v) is 7.30. The number of carbonyl (C=O) groups excluding carboxylic acids is 1. The van der Waals surface area contributed by atoms with Crippen LogP contribution < -0.4 is 5.73 Å². The maximum absolute atomic E-state index is 12.5. The normalized spacial score (nSPS) is 31.3. The molecular formula is C14H27N3O. The van der Waals surface area contributed by atoms with Crippen molar-refractivity contribution >= 4 is 5.91 Å². The standard InChI is InChI=1S/C14H27N3O/c1-16-9-7-11(8-10-16)17(2)14(18)12-5-3-4-6-13(12)15/h11-13H,3-10,15H2,1-2H3. The lowest BCUT2D eigenvalue weighted by molar-refractivity contribution is -0.138. The topological polar surface area (TPSA) is 49.6 Å². The van der Waals surface area contributed by atoms with Gasteiger partial charge >= 0.3 is 0 Å². The summed E-state index contributed by atoms with van der Waals surface area (Å²) in [5.74, 6) is 0.361. The van der Waals surface area contributed by atoms with E-state index in [-0.39, 0.29) is 17.9 Å². The number of nitrogens with two attached hydrogens (primary N) is 1. The van der Waals surface area contributed by atoms with Gasteiger partial charge in [0.05, 0.1) is 5.92 Å². The Balaban J connectivity index is 1.91. The Bertz CT molecular complexity index is 287. The molecule has 1 aliphatic heterocycles. The van der Waals surface area contributed by atoms with E-state index in [9.17, 15) is 4.79 Å². The van der Waals surface area contributed by atoms with Crippen LogP contribution in [0, 0.1) is 5.92 Å². The Morgan fingerprint density at radius 3 is 2.39 bits per heavy atom. The van der Waals surface area contributed by atoms with Gasteiger partial charge in [-0.05, 0) is 45.8 Å². The first kappa shape index (κ1) is 13.8. The van der Waals surface area contributed by atoms with Gasteiger partial charge in [0.15, 0.2) is 0 Å². The fourth-order valence-electron chi connectivity index (χ4n) is 3.29. The molecule has 1 saturated carbocycles. The van der Waals surface area contributed by atoms with Crippen LogP contribution in [-0.4, -0.2) is 55.0 Å². The highest BCUT2D eigenvalue weighted by Gasteiger charge is 2.33. The van der Waals surface area contributed by atoms with E-state index >= 15 is 0 Å². The van der Waals surface area contributed by atoms with Crippen LogP contribution in [0.4, 0.5) is 0 Å². The summed E-state index contributed by atoms with van der Waals surface area (Å²) < 4.78 is 0. The third-order valence-electron chi connectivity index (χ3n) is 4.72. The molecule has 2 N–H and O–H groups in total. The van der Waals surface area contributed by atoms with Crippen LogP contribution in [-0.2, 0) is 4.79 Å². The van der Waals surface area contributed by atoms with E-state index < -0.39 is 0 Å². The number of nitrogens with zero attached hydrogens (tertiary/aromatic N) is 2. The first-order valence-electron chi connectivity index (χ1n) is 7.30. The van der Waals surface area contributed by atoms with Crippen LogP contribution in [0.2, 0.25) is 0 Å². The molecule has 2 unspecified atom stereocenters. The SMILES string of the molecule is CN1CCC(N(C)C(=O)C2CCCCC2N)CC1. The predicted octanol–water partition coefficient (Wildman–Crippen LogP) is 1.06. The second-order valence-corrected chi connectivity index (χ2v) is 6.04. The van der Waals surface area contributed by atoms with Crippen molar-refractivity contribution in [2.45, 2.75) is 50.6 Å². The zero-order valence-electron chi connectivity index (χ0n) is 11.8. The van der Waals surface area contributed by atoms with Crippen LogP contribution in [0.1, 0.15) is 38.5 Å². The minimum Gasteiger partial charge on any atom is -0.342 e. The monoisotopic (exact) mass is 253 g/mol. The summed E-state index contributed by atoms with van der Waals surface area (Å²) in [5.41, 5.74) is 6.11. The van der Waals surface area contributed by atoms with Gasteiger partial charge in [0.2, 0.25) is 5.91 Å². The molecule has 0 radical (unpaired) electrons. The average molecular weight is 253 g/mol. The molecule has 2 atom stereocenters. The lowest BCUT2D eigenvalue weighted by Gasteiger charge is -2.38. The van der Waals surface area contributed by atoms with Crippen LogP contribution in [0.25, 0.3) is 0 Å². The molecule has 0 aromatic carbocycles. The number of likely N-dealkylation sites (tertiary alicyclic amines) is 1. The van der Waals surface area contributed by atoms with Crippen molar-refractivity contribution < 1.29 is 4.79 Å². The average Bonchev–Trinajstić information content (AvgIpc) is 2.38. The van der Waals surface area contributed by atoms with Crippen molar-refractivity contribution in [2.24, 2.45) is 11.7 Å². The molecule has 0 aromatic heterocycles. The van der Waals surface area contributed by atoms with E-state index in [0.29, 0.717) is 6.04 Å². The van der Waals surface area contributed by atoms with Crippen molar-refractivity contribution in [3.8, 4) is 0 Å². The van der Waals surface area contributed by atoms with Crippen LogP contribution in [0.15, 0.2) is 0 Å². The van der Waals surface area contributed by atoms with Gasteiger partial charge in [0.1, 0.15) is 0 Å². The molecule has 1 saturated heterocycles. The summed E-state index contributed by atoms with van der Waals surface area (Å²) in [7, 11) is 4.12. The summed E-state index contributed by atoms with van der Waals surface area (Å²) in [6.07, 6.45) is 6.53. The highest BCUT2D eigenvalue weighted by Crippen LogP contribution is 2.26. The van der Waals surface area contributed by atoms with E-state index in [1.807, 2.05) is 11.9 Å². The molecule has 2 rings (SSSR count). The Labute approximate surface area is 110 Å². The molecule has 1 heterocycles. The number of carbonyl (C=O) groups is 1. The van der Waals surface area contributed by atoms with Crippen LogP contribution >= 0.6 is 0 Å². The van der Waals surface area contributed by atoms with Gasteiger partial charge in [-0.25, -0.2) is 0 Å². The molecule has 1 amide bonds. The first-order chi connectivity index (χ1) is 8.59. The highest BCUT2D eigenvalue weighted by molar-refractivity contribution is 5.79. The van der Waals surface area contributed by atoms with Gasteiger partial charge in [0.25, 0.3) is 0 Å². The van der Waals surface area contributed by atoms with E-state index in [1.54, 1.807) is 0 Å². The minimum atomic E-state index is 0.0726. The summed E-state index contributed by atoms with van der Waals surface area (Å²) in [4.78, 5) is 16.8. The highest BCUT2D eigenvalue weighted by atomic mass is 16.2. The van der Waals surface area contributed by atoms with Gasteiger partial charge in [-0.15, -0.1) is 0 Å². The van der Waals surface area contributed by atoms with Crippen LogP contribution in [0.3, 0.4) is 0 Å². The predicted molar refractivity (Wildman–Crippen MR) is 73.2 cm³/mol. The fraction of sp³-hybridized carbons (Fsp3) is 0.929. The zero-order valence-corrected chi connectivity index (χ0v) is 11.8. The van der Waals surface area contributed by atoms with Crippen molar-refractivity contribution in [3.63, 3.8) is 0 Å². The summed E-state index contributed by atoms with van der Waals surface area (Å²) >= 11 is 0. The molecule has 2 fully saturated rings. The van der Waals surface area contributed by atoms with Crippen molar-refractivity contribution in [3.05, 3.63) is 0 Å². The smallest absolute Gasteiger partial charge is 0.227 e. The second kappa shape index (κ2) is 6.02. The molecule has 0 bridgehead atoms. The van der Waals surface area contributed by atoms with Crippen molar-refractivity contribution in [1.82, 2.24) is 9.80 Å². The van der Waals surface area contributed by atoms with E-state index in [0.717, 1.165) is 45.2 Å². The molecule has 2 aliphatic rings. The van der Waals surface area contributed by atoms with Crippen molar-refractivity contribution in [1.29, 1.82) is 0 Å². The number of hydrogen-bond acceptors (Lipinski definition) is 3. The summed E-state index contributed by atoms with van der Waals surface area (Å²) in [6, 6.07) is 0.503. The Kier molecular flexibility index (Phi) is 4.62. The third kappa shape index (κ3) is 3.04. The lowest BCUT2D eigenvalue weighted by atomic mass is 9.83. The third-order valence-corrected chi connectivity index (χ3v) is 4.72. The lowest BCUT2D eigenvalue weighted by Crippen LogP contribution is -2.50. The van der Waals surface area contributed by atoms with Gasteiger partial charge in [0, 0.05) is 19.1 Å². The Hall–Kier alpha value is -0.610. The van der Waals surface area contributed by atoms with E-state index in [2.05, 4.69) is 11.9 Å². The molecule has 4 nitrogen and oxygen atoms in total. The molecule has 4 heteroatoms. The number of piperidine rings is 1. The number of rotatable bonds is 2. The van der Waals surface area contributed by atoms with E-state index in [1.165, 1.54) is 6.42 Å². The summed E-state index contributed by atoms with van der Waals surface area (Å²) in [5, 5.41) is 0. The number of hydrogen-bond donors (Lipinski definition) is 1. The van der Waals surface area contributed by atoms with Gasteiger partial charge in [-0.3, -0.25) is 4.79 Å². The van der Waals surface area contributed by atoms with Gasteiger partial charge in [-0.1, -0.05) is 12.8 Å².